The van der Waals surface area contributed by atoms with E-state index < -0.39 is 0 Å². The van der Waals surface area contributed by atoms with Gasteiger partial charge in [-0.15, -0.1) is 0 Å². The van der Waals surface area contributed by atoms with Crippen LogP contribution in [0.25, 0.3) is 0 Å². The van der Waals surface area contributed by atoms with Gasteiger partial charge in [-0.2, -0.15) is 0 Å². The fourth-order valence-corrected chi connectivity index (χ4v) is 4.30. The van der Waals surface area contributed by atoms with Gasteiger partial charge >= 0.3 is 0 Å². The first-order chi connectivity index (χ1) is 15.9. The molecular formula is C27H31ClN4O. The van der Waals surface area contributed by atoms with Crippen molar-refractivity contribution in [2.75, 3.05) is 41.7 Å². The van der Waals surface area contributed by atoms with Crippen molar-refractivity contribution in [1.82, 2.24) is 4.90 Å². The predicted molar refractivity (Wildman–Crippen MR) is 139 cm³/mol. The van der Waals surface area contributed by atoms with Gasteiger partial charge in [0.15, 0.2) is 0 Å². The van der Waals surface area contributed by atoms with E-state index in [2.05, 4.69) is 46.4 Å². The van der Waals surface area contributed by atoms with Gasteiger partial charge in [0, 0.05) is 54.3 Å². The molecule has 4 rings (SSSR count). The largest absolute Gasteiger partial charge is 0.369 e. The summed E-state index contributed by atoms with van der Waals surface area (Å²) in [5.74, 6) is -0.156. The van der Waals surface area contributed by atoms with E-state index in [1.165, 1.54) is 5.69 Å². The molecule has 2 N–H and O–H groups in total. The van der Waals surface area contributed by atoms with Crippen molar-refractivity contribution in [1.29, 1.82) is 0 Å². The van der Waals surface area contributed by atoms with E-state index in [1.807, 2.05) is 61.5 Å². The Morgan fingerprint density at radius 3 is 2.24 bits per heavy atom. The molecule has 0 radical (unpaired) electrons. The summed E-state index contributed by atoms with van der Waals surface area (Å²) in [4.78, 5) is 18.0. The van der Waals surface area contributed by atoms with E-state index in [0.717, 1.165) is 48.8 Å². The number of rotatable bonds is 6. The molecule has 33 heavy (non-hydrogen) atoms. The van der Waals surface area contributed by atoms with E-state index in [9.17, 15) is 4.79 Å². The molecule has 0 spiro atoms. The third kappa shape index (κ3) is 5.49. The van der Waals surface area contributed by atoms with Gasteiger partial charge in [0.05, 0.1) is 11.3 Å². The van der Waals surface area contributed by atoms with E-state index in [1.54, 1.807) is 0 Å². The van der Waals surface area contributed by atoms with Gasteiger partial charge < -0.3 is 15.5 Å². The first-order valence-electron chi connectivity index (χ1n) is 11.4. The van der Waals surface area contributed by atoms with Crippen LogP contribution in [0.1, 0.15) is 29.8 Å². The van der Waals surface area contributed by atoms with Crippen molar-refractivity contribution >= 4 is 40.3 Å². The molecule has 0 aromatic heterocycles. The minimum Gasteiger partial charge on any atom is -0.369 e. The summed E-state index contributed by atoms with van der Waals surface area (Å²) in [5, 5.41) is 7.07. The number of hydrogen-bond acceptors (Lipinski definition) is 4. The standard InChI is InChI=1S/C27H31ClN4O/c1-19(2)31-15-17-32(18-16-31)22-13-11-21(12-14-22)29-27(33)23-7-4-5-9-26(23)30-25-10-6-8-24(28)20(25)3/h4-14,19,30H,15-18H2,1-3H3,(H,29,33). The van der Waals surface area contributed by atoms with E-state index in [-0.39, 0.29) is 5.91 Å². The van der Waals surface area contributed by atoms with E-state index in [0.29, 0.717) is 16.6 Å². The van der Waals surface area contributed by atoms with Crippen LogP contribution in [0.2, 0.25) is 5.02 Å². The third-order valence-electron chi connectivity index (χ3n) is 6.24. The third-order valence-corrected chi connectivity index (χ3v) is 6.65. The molecule has 1 saturated heterocycles. The molecule has 0 bridgehead atoms. The molecule has 3 aromatic rings. The molecule has 1 aliphatic heterocycles. The van der Waals surface area contributed by atoms with Crippen molar-refractivity contribution in [3.8, 4) is 0 Å². The summed E-state index contributed by atoms with van der Waals surface area (Å²) in [6.07, 6.45) is 0. The minimum absolute atomic E-state index is 0.156. The van der Waals surface area contributed by atoms with Crippen LogP contribution in [0.4, 0.5) is 22.7 Å². The minimum atomic E-state index is -0.156. The highest BCUT2D eigenvalue weighted by Gasteiger charge is 2.19. The maximum Gasteiger partial charge on any atom is 0.257 e. The fraction of sp³-hybridized carbons (Fsp3) is 0.296. The Hall–Kier alpha value is -3.02. The molecule has 1 heterocycles. The normalized spacial score (nSPS) is 14.4. The monoisotopic (exact) mass is 462 g/mol. The molecule has 1 aliphatic rings. The number of nitrogens with one attached hydrogen (secondary N) is 2. The number of anilines is 4. The zero-order chi connectivity index (χ0) is 23.4. The highest BCUT2D eigenvalue weighted by molar-refractivity contribution is 6.31. The lowest BCUT2D eigenvalue weighted by Crippen LogP contribution is -2.48. The maximum atomic E-state index is 13.1. The van der Waals surface area contributed by atoms with Crippen LogP contribution in [0.3, 0.4) is 0 Å². The predicted octanol–water partition coefficient (Wildman–Crippen LogP) is 6.17. The molecule has 1 amide bonds. The number of benzene rings is 3. The van der Waals surface area contributed by atoms with Gasteiger partial charge in [-0.1, -0.05) is 29.8 Å². The number of carbonyl (C=O) groups excluding carboxylic acids is 1. The van der Waals surface area contributed by atoms with Crippen molar-refractivity contribution < 1.29 is 4.79 Å². The second-order valence-electron chi connectivity index (χ2n) is 8.70. The summed E-state index contributed by atoms with van der Waals surface area (Å²) < 4.78 is 0. The van der Waals surface area contributed by atoms with Crippen LogP contribution in [0.15, 0.2) is 66.7 Å². The Kier molecular flexibility index (Phi) is 7.21. The van der Waals surface area contributed by atoms with Gasteiger partial charge in [0.2, 0.25) is 0 Å². The lowest BCUT2D eigenvalue weighted by atomic mass is 10.1. The number of amides is 1. The van der Waals surface area contributed by atoms with Crippen LogP contribution in [0.5, 0.6) is 0 Å². The number of piperazine rings is 1. The number of halogens is 1. The Morgan fingerprint density at radius 2 is 1.55 bits per heavy atom. The SMILES string of the molecule is Cc1c(Cl)cccc1Nc1ccccc1C(=O)Nc1ccc(N2CCN(C(C)C)CC2)cc1. The number of hydrogen-bond donors (Lipinski definition) is 2. The van der Waals surface area contributed by atoms with Crippen molar-refractivity contribution in [2.45, 2.75) is 26.8 Å². The highest BCUT2D eigenvalue weighted by atomic mass is 35.5. The Bertz CT molecular complexity index is 1110. The molecule has 5 nitrogen and oxygen atoms in total. The van der Waals surface area contributed by atoms with E-state index >= 15 is 0 Å². The first kappa shape index (κ1) is 23.1. The average Bonchev–Trinajstić information content (AvgIpc) is 2.83. The van der Waals surface area contributed by atoms with Crippen LogP contribution >= 0.6 is 11.6 Å². The maximum absolute atomic E-state index is 13.1. The molecule has 0 atom stereocenters. The molecule has 3 aromatic carbocycles. The average molecular weight is 463 g/mol. The second-order valence-corrected chi connectivity index (χ2v) is 9.11. The Labute approximate surface area is 201 Å². The Morgan fingerprint density at radius 1 is 0.879 bits per heavy atom. The summed E-state index contributed by atoms with van der Waals surface area (Å²) in [7, 11) is 0. The lowest BCUT2D eigenvalue weighted by Gasteiger charge is -2.38. The molecule has 0 aliphatic carbocycles. The van der Waals surface area contributed by atoms with Crippen LogP contribution < -0.4 is 15.5 Å². The van der Waals surface area contributed by atoms with Crippen molar-refractivity contribution in [3.05, 3.63) is 82.9 Å². The first-order valence-corrected chi connectivity index (χ1v) is 11.8. The molecule has 172 valence electrons. The number of nitrogens with zero attached hydrogens (tertiary/aromatic N) is 2. The Balaban J connectivity index is 1.43. The molecule has 0 saturated carbocycles. The highest BCUT2D eigenvalue weighted by Crippen LogP contribution is 2.28. The zero-order valence-electron chi connectivity index (χ0n) is 19.4. The van der Waals surface area contributed by atoms with Crippen LogP contribution in [-0.4, -0.2) is 43.0 Å². The summed E-state index contributed by atoms with van der Waals surface area (Å²) in [5.41, 5.74) is 5.10. The molecular weight excluding hydrogens is 432 g/mol. The topological polar surface area (TPSA) is 47.6 Å². The van der Waals surface area contributed by atoms with Crippen molar-refractivity contribution in [3.63, 3.8) is 0 Å². The van der Waals surface area contributed by atoms with Gasteiger partial charge in [-0.05, 0) is 74.9 Å². The van der Waals surface area contributed by atoms with Gasteiger partial charge in [0.25, 0.3) is 5.91 Å². The van der Waals surface area contributed by atoms with Gasteiger partial charge in [0.1, 0.15) is 0 Å². The summed E-state index contributed by atoms with van der Waals surface area (Å²) in [6, 6.07) is 21.9. The summed E-state index contributed by atoms with van der Waals surface area (Å²) in [6.45, 7) is 10.6. The van der Waals surface area contributed by atoms with Gasteiger partial charge in [-0.25, -0.2) is 0 Å². The number of para-hydroxylation sites is 1. The molecule has 0 unspecified atom stereocenters. The zero-order valence-corrected chi connectivity index (χ0v) is 20.2. The summed E-state index contributed by atoms with van der Waals surface area (Å²) >= 11 is 6.25. The second kappa shape index (κ2) is 10.3. The number of carbonyl (C=O) groups is 1. The lowest BCUT2D eigenvalue weighted by molar-refractivity contribution is 0.102. The molecule has 1 fully saturated rings. The van der Waals surface area contributed by atoms with Crippen LogP contribution in [0, 0.1) is 6.92 Å². The van der Waals surface area contributed by atoms with Crippen LogP contribution in [-0.2, 0) is 0 Å². The quantitative estimate of drug-likeness (QED) is 0.459. The van der Waals surface area contributed by atoms with Crippen molar-refractivity contribution in [2.24, 2.45) is 0 Å². The smallest absolute Gasteiger partial charge is 0.257 e. The van der Waals surface area contributed by atoms with E-state index in [4.69, 9.17) is 11.6 Å². The fourth-order valence-electron chi connectivity index (χ4n) is 4.13. The van der Waals surface area contributed by atoms with Gasteiger partial charge in [-0.3, -0.25) is 9.69 Å². The molecule has 6 heteroatoms.